The summed E-state index contributed by atoms with van der Waals surface area (Å²) in [5, 5.41) is 2.78. The number of anilines is 1. The number of nitrogens with zero attached hydrogens (tertiary/aromatic N) is 3. The van der Waals surface area contributed by atoms with Crippen molar-refractivity contribution >= 4 is 17.6 Å². The largest absolute Gasteiger partial charge is 0.353 e. The van der Waals surface area contributed by atoms with Crippen LogP contribution in [0.2, 0.25) is 0 Å². The van der Waals surface area contributed by atoms with Crippen molar-refractivity contribution in [3.8, 4) is 0 Å². The number of benzene rings is 1. The molecule has 1 aliphatic rings. The third kappa shape index (κ3) is 5.03. The van der Waals surface area contributed by atoms with Crippen LogP contribution in [0.15, 0.2) is 36.5 Å². The molecule has 1 aromatic heterocycles. The van der Waals surface area contributed by atoms with Crippen LogP contribution in [0.5, 0.6) is 0 Å². The molecule has 2 amide bonds. The van der Waals surface area contributed by atoms with Crippen LogP contribution < -0.4 is 10.2 Å². The Balaban J connectivity index is 1.60. The Hall–Kier alpha value is -3.03. The molecule has 0 spiro atoms. The Morgan fingerprint density at radius 2 is 1.79 bits per heavy atom. The van der Waals surface area contributed by atoms with E-state index in [9.17, 15) is 18.4 Å². The zero-order chi connectivity index (χ0) is 20.1. The maximum atomic E-state index is 13.3. The molecule has 1 aliphatic heterocycles. The number of carbonyl (C=O) groups excluding carboxylic acids is 2. The first kappa shape index (κ1) is 19.7. The predicted molar refractivity (Wildman–Crippen MR) is 101 cm³/mol. The highest BCUT2D eigenvalue weighted by Crippen LogP contribution is 2.19. The Bertz CT molecular complexity index is 847. The minimum absolute atomic E-state index is 0.0574. The average molecular weight is 388 g/mol. The molecule has 0 saturated carbocycles. The van der Waals surface area contributed by atoms with E-state index in [2.05, 4.69) is 15.2 Å². The topological polar surface area (TPSA) is 65.5 Å². The molecule has 2 aromatic rings. The number of rotatable bonds is 5. The lowest BCUT2D eigenvalue weighted by Crippen LogP contribution is -2.48. The summed E-state index contributed by atoms with van der Waals surface area (Å²) in [5.41, 5.74) is 1.12. The van der Waals surface area contributed by atoms with Gasteiger partial charge in [-0.2, -0.15) is 0 Å². The molecule has 0 radical (unpaired) electrons. The maximum absolute atomic E-state index is 13.3. The lowest BCUT2D eigenvalue weighted by molar-refractivity contribution is -0.129. The standard InChI is InChI=1S/C20H22F2N4O2/c1-14(27)25-5-7-26(8-6-25)20-16(3-2-4-23-20)13-24-19(28)11-15-9-17(21)12-18(22)10-15/h2-4,9-10,12H,5-8,11,13H2,1H3,(H,24,28). The molecule has 148 valence electrons. The molecular formula is C20H22F2N4O2. The smallest absolute Gasteiger partial charge is 0.224 e. The summed E-state index contributed by atoms with van der Waals surface area (Å²) < 4.78 is 26.5. The van der Waals surface area contributed by atoms with Crippen molar-refractivity contribution in [1.82, 2.24) is 15.2 Å². The van der Waals surface area contributed by atoms with Gasteiger partial charge in [-0.3, -0.25) is 9.59 Å². The second kappa shape index (κ2) is 8.77. The summed E-state index contributed by atoms with van der Waals surface area (Å²) in [6.07, 6.45) is 1.58. The Kier molecular flexibility index (Phi) is 6.18. The van der Waals surface area contributed by atoms with E-state index in [1.54, 1.807) is 24.1 Å². The van der Waals surface area contributed by atoms with Crippen molar-refractivity contribution in [1.29, 1.82) is 0 Å². The lowest BCUT2D eigenvalue weighted by Gasteiger charge is -2.35. The zero-order valence-electron chi connectivity index (χ0n) is 15.6. The second-order valence-corrected chi connectivity index (χ2v) is 6.71. The molecule has 28 heavy (non-hydrogen) atoms. The number of pyridine rings is 1. The number of amides is 2. The molecule has 0 atom stereocenters. The number of hydrogen-bond donors (Lipinski definition) is 1. The SMILES string of the molecule is CC(=O)N1CCN(c2ncccc2CNC(=O)Cc2cc(F)cc(F)c2)CC1. The maximum Gasteiger partial charge on any atom is 0.224 e. The van der Waals surface area contributed by atoms with Crippen LogP contribution in [0.1, 0.15) is 18.1 Å². The Labute approximate surface area is 162 Å². The molecule has 0 aliphatic carbocycles. The van der Waals surface area contributed by atoms with Gasteiger partial charge >= 0.3 is 0 Å². The first-order chi connectivity index (χ1) is 13.4. The zero-order valence-corrected chi connectivity index (χ0v) is 15.6. The van der Waals surface area contributed by atoms with E-state index in [0.717, 1.165) is 29.6 Å². The summed E-state index contributed by atoms with van der Waals surface area (Å²) in [5.74, 6) is -0.921. The van der Waals surface area contributed by atoms with Gasteiger partial charge in [-0.15, -0.1) is 0 Å². The summed E-state index contributed by atoms with van der Waals surface area (Å²) >= 11 is 0. The number of hydrogen-bond acceptors (Lipinski definition) is 4. The van der Waals surface area contributed by atoms with Gasteiger partial charge in [-0.1, -0.05) is 6.07 Å². The average Bonchev–Trinajstić information content (AvgIpc) is 2.66. The third-order valence-electron chi connectivity index (χ3n) is 4.66. The fourth-order valence-electron chi connectivity index (χ4n) is 3.24. The molecule has 1 fully saturated rings. The number of halogens is 2. The second-order valence-electron chi connectivity index (χ2n) is 6.71. The van der Waals surface area contributed by atoms with Crippen LogP contribution in [-0.4, -0.2) is 47.9 Å². The van der Waals surface area contributed by atoms with Gasteiger partial charge in [0.15, 0.2) is 0 Å². The molecule has 0 bridgehead atoms. The van der Waals surface area contributed by atoms with Gasteiger partial charge in [0.05, 0.1) is 6.42 Å². The summed E-state index contributed by atoms with van der Waals surface area (Å²) in [6.45, 7) is 4.40. The molecule has 1 N–H and O–H groups in total. The summed E-state index contributed by atoms with van der Waals surface area (Å²) in [4.78, 5) is 32.0. The van der Waals surface area contributed by atoms with Crippen LogP contribution in [0, 0.1) is 11.6 Å². The van der Waals surface area contributed by atoms with E-state index >= 15 is 0 Å². The molecular weight excluding hydrogens is 366 g/mol. The van der Waals surface area contributed by atoms with Crippen LogP contribution in [0.4, 0.5) is 14.6 Å². The highest BCUT2D eigenvalue weighted by atomic mass is 19.1. The number of aromatic nitrogens is 1. The van der Waals surface area contributed by atoms with E-state index < -0.39 is 11.6 Å². The van der Waals surface area contributed by atoms with Gasteiger partial charge in [0.25, 0.3) is 0 Å². The van der Waals surface area contributed by atoms with Gasteiger partial charge in [-0.05, 0) is 23.8 Å². The van der Waals surface area contributed by atoms with Crippen molar-refractivity contribution in [3.05, 3.63) is 59.3 Å². The number of piperazine rings is 1. The minimum Gasteiger partial charge on any atom is -0.353 e. The Morgan fingerprint density at radius 1 is 1.11 bits per heavy atom. The Morgan fingerprint density at radius 3 is 2.43 bits per heavy atom. The van der Waals surface area contributed by atoms with E-state index in [0.29, 0.717) is 26.2 Å². The van der Waals surface area contributed by atoms with Gasteiger partial charge in [0.2, 0.25) is 11.8 Å². The van der Waals surface area contributed by atoms with Crippen LogP contribution >= 0.6 is 0 Å². The van der Waals surface area contributed by atoms with Crippen molar-refractivity contribution in [2.24, 2.45) is 0 Å². The normalized spacial score (nSPS) is 14.1. The molecule has 1 saturated heterocycles. The predicted octanol–water partition coefficient (Wildman–Crippen LogP) is 1.89. The van der Waals surface area contributed by atoms with E-state index in [-0.39, 0.29) is 30.3 Å². The molecule has 8 heteroatoms. The first-order valence-corrected chi connectivity index (χ1v) is 9.08. The van der Waals surface area contributed by atoms with Crippen molar-refractivity contribution < 1.29 is 18.4 Å². The van der Waals surface area contributed by atoms with Gasteiger partial charge in [0.1, 0.15) is 17.5 Å². The molecule has 0 unspecified atom stereocenters. The lowest BCUT2D eigenvalue weighted by atomic mass is 10.1. The van der Waals surface area contributed by atoms with Gasteiger partial charge in [-0.25, -0.2) is 13.8 Å². The van der Waals surface area contributed by atoms with E-state index in [4.69, 9.17) is 0 Å². The van der Waals surface area contributed by atoms with Gasteiger partial charge < -0.3 is 15.1 Å². The molecule has 2 heterocycles. The quantitative estimate of drug-likeness (QED) is 0.850. The summed E-state index contributed by atoms with van der Waals surface area (Å²) in [6, 6.07) is 6.73. The van der Waals surface area contributed by atoms with Crippen LogP contribution in [0.25, 0.3) is 0 Å². The van der Waals surface area contributed by atoms with Gasteiger partial charge in [0, 0.05) is 57.5 Å². The fraction of sp³-hybridized carbons (Fsp3) is 0.350. The first-order valence-electron chi connectivity index (χ1n) is 9.08. The van der Waals surface area contributed by atoms with E-state index in [1.165, 1.54) is 0 Å². The van der Waals surface area contributed by atoms with Crippen molar-refractivity contribution in [2.45, 2.75) is 19.9 Å². The van der Waals surface area contributed by atoms with Crippen LogP contribution in [-0.2, 0) is 22.6 Å². The van der Waals surface area contributed by atoms with Crippen molar-refractivity contribution in [3.63, 3.8) is 0 Å². The monoisotopic (exact) mass is 388 g/mol. The molecule has 3 rings (SSSR count). The van der Waals surface area contributed by atoms with Crippen molar-refractivity contribution in [2.75, 3.05) is 31.1 Å². The number of nitrogens with one attached hydrogen (secondary N) is 1. The summed E-state index contributed by atoms with van der Waals surface area (Å²) in [7, 11) is 0. The third-order valence-corrected chi connectivity index (χ3v) is 4.66. The highest BCUT2D eigenvalue weighted by Gasteiger charge is 2.21. The number of carbonyl (C=O) groups is 2. The van der Waals surface area contributed by atoms with Crippen LogP contribution in [0.3, 0.4) is 0 Å². The molecule has 6 nitrogen and oxygen atoms in total. The minimum atomic E-state index is -0.706. The fourth-order valence-corrected chi connectivity index (χ4v) is 3.24. The van der Waals surface area contributed by atoms with E-state index in [1.807, 2.05) is 6.07 Å². The molecule has 1 aromatic carbocycles. The highest BCUT2D eigenvalue weighted by molar-refractivity contribution is 5.78.